The van der Waals surface area contributed by atoms with E-state index in [-0.39, 0.29) is 5.02 Å². The van der Waals surface area contributed by atoms with E-state index < -0.39 is 87.5 Å². The van der Waals surface area contributed by atoms with E-state index in [1.807, 2.05) is 0 Å². The average Bonchev–Trinajstić information content (AvgIpc) is 3.13. The van der Waals surface area contributed by atoms with Crippen LogP contribution in [0.5, 0.6) is 0 Å². The van der Waals surface area contributed by atoms with Gasteiger partial charge >= 0.3 is 23.9 Å². The van der Waals surface area contributed by atoms with Crippen LogP contribution in [0.15, 0.2) is 18.2 Å². The molecule has 2 aromatic rings. The number of hydrogen-bond acceptors (Lipinski definition) is 8. The summed E-state index contributed by atoms with van der Waals surface area (Å²) in [6, 6.07) is 2.87. The Kier molecular flexibility index (Phi) is 7.45. The van der Waals surface area contributed by atoms with Crippen molar-refractivity contribution in [2.24, 2.45) is 0 Å². The predicted molar refractivity (Wildman–Crippen MR) is 105 cm³/mol. The lowest BCUT2D eigenvalue weighted by Crippen LogP contribution is -2.22. The number of nitrogens with one attached hydrogen (secondary N) is 1. The summed E-state index contributed by atoms with van der Waals surface area (Å²) in [6.45, 7) is 0. The van der Waals surface area contributed by atoms with E-state index in [1.54, 1.807) is 0 Å². The number of halogens is 1. The van der Waals surface area contributed by atoms with Crippen molar-refractivity contribution < 1.29 is 49.3 Å². The SMILES string of the molecule is O=C(O)CC(C(=O)O)c1n[nH]c(C(CC(=O)O)C(=O)O)c1C(=O)c1ccc(Cl)cc1[N+](=O)[O-]. The van der Waals surface area contributed by atoms with Crippen molar-refractivity contribution in [3.63, 3.8) is 0 Å². The molecule has 1 heterocycles. The van der Waals surface area contributed by atoms with Gasteiger partial charge in [-0.1, -0.05) is 11.6 Å². The van der Waals surface area contributed by atoms with Crippen molar-refractivity contribution in [2.75, 3.05) is 0 Å². The fourth-order valence-electron chi connectivity index (χ4n) is 3.06. The van der Waals surface area contributed by atoms with Gasteiger partial charge in [-0.3, -0.25) is 39.2 Å². The number of nitro benzene ring substituents is 1. The number of rotatable bonds is 11. The summed E-state index contributed by atoms with van der Waals surface area (Å²) in [5, 5.41) is 54.1. The van der Waals surface area contributed by atoms with Crippen LogP contribution in [0.25, 0.3) is 0 Å². The van der Waals surface area contributed by atoms with Crippen LogP contribution in [0.2, 0.25) is 5.02 Å². The number of nitrogens with zero attached hydrogens (tertiary/aromatic N) is 2. The molecule has 1 aromatic carbocycles. The molecular formula is C18H14ClN3O11. The number of hydrogen-bond donors (Lipinski definition) is 5. The van der Waals surface area contributed by atoms with Crippen molar-refractivity contribution in [2.45, 2.75) is 24.7 Å². The van der Waals surface area contributed by atoms with Gasteiger partial charge in [0.15, 0.2) is 0 Å². The lowest BCUT2D eigenvalue weighted by molar-refractivity contribution is -0.385. The third kappa shape index (κ3) is 5.48. The monoisotopic (exact) mass is 483 g/mol. The Bertz CT molecular complexity index is 1120. The maximum absolute atomic E-state index is 13.3. The smallest absolute Gasteiger partial charge is 0.313 e. The molecule has 0 radical (unpaired) electrons. The second kappa shape index (κ2) is 9.86. The van der Waals surface area contributed by atoms with Crippen molar-refractivity contribution in [1.29, 1.82) is 0 Å². The highest BCUT2D eigenvalue weighted by Gasteiger charge is 2.38. The van der Waals surface area contributed by atoms with Gasteiger partial charge < -0.3 is 20.4 Å². The highest BCUT2D eigenvalue weighted by molar-refractivity contribution is 6.31. The second-order valence-corrected chi connectivity index (χ2v) is 7.06. The molecule has 0 aliphatic heterocycles. The molecule has 0 aliphatic rings. The van der Waals surface area contributed by atoms with Crippen LogP contribution < -0.4 is 0 Å². The molecule has 15 heteroatoms. The Balaban J connectivity index is 2.85. The normalized spacial score (nSPS) is 12.5. The van der Waals surface area contributed by atoms with Gasteiger partial charge in [0.1, 0.15) is 17.4 Å². The number of ketones is 1. The van der Waals surface area contributed by atoms with E-state index in [2.05, 4.69) is 10.2 Å². The van der Waals surface area contributed by atoms with Crippen LogP contribution in [0.3, 0.4) is 0 Å². The summed E-state index contributed by atoms with van der Waals surface area (Å²) in [4.78, 5) is 69.5. The number of nitro groups is 1. The number of aromatic nitrogens is 2. The molecule has 14 nitrogen and oxygen atoms in total. The van der Waals surface area contributed by atoms with Crippen molar-refractivity contribution >= 4 is 46.9 Å². The molecule has 174 valence electrons. The first-order chi connectivity index (χ1) is 15.3. The number of carboxylic acid groups (broad SMARTS) is 4. The number of aliphatic carboxylic acids is 4. The largest absolute Gasteiger partial charge is 0.481 e. The molecule has 0 spiro atoms. The Hall–Kier alpha value is -4.33. The van der Waals surface area contributed by atoms with Crippen LogP contribution in [-0.2, 0) is 19.2 Å². The predicted octanol–water partition coefficient (Wildman–Crippen LogP) is 1.49. The van der Waals surface area contributed by atoms with Gasteiger partial charge in [0, 0.05) is 11.1 Å². The summed E-state index contributed by atoms with van der Waals surface area (Å²) in [5.41, 5.74) is -3.59. The molecule has 2 atom stereocenters. The zero-order valence-electron chi connectivity index (χ0n) is 16.2. The summed E-state index contributed by atoms with van der Waals surface area (Å²) < 4.78 is 0. The minimum atomic E-state index is -1.96. The molecule has 33 heavy (non-hydrogen) atoms. The number of carbonyl (C=O) groups excluding carboxylic acids is 1. The van der Waals surface area contributed by atoms with E-state index in [9.17, 15) is 44.3 Å². The Morgan fingerprint density at radius 1 is 1.00 bits per heavy atom. The lowest BCUT2D eigenvalue weighted by Gasteiger charge is -2.13. The summed E-state index contributed by atoms with van der Waals surface area (Å²) >= 11 is 5.73. The number of benzene rings is 1. The first-order valence-electron chi connectivity index (χ1n) is 8.81. The van der Waals surface area contributed by atoms with Gasteiger partial charge in [0.05, 0.1) is 34.7 Å². The quantitative estimate of drug-likeness (QED) is 0.173. The van der Waals surface area contributed by atoms with Gasteiger partial charge in [-0.05, 0) is 12.1 Å². The number of aromatic amines is 1. The molecule has 0 saturated heterocycles. The zero-order valence-corrected chi connectivity index (χ0v) is 17.0. The molecule has 0 bridgehead atoms. The van der Waals surface area contributed by atoms with Gasteiger partial charge in [-0.25, -0.2) is 0 Å². The minimum absolute atomic E-state index is 0.116. The highest BCUT2D eigenvalue weighted by atomic mass is 35.5. The molecule has 0 amide bonds. The van der Waals surface area contributed by atoms with Crippen molar-refractivity contribution in [3.05, 3.63) is 55.9 Å². The summed E-state index contributed by atoms with van der Waals surface area (Å²) in [6.07, 6.45) is -2.13. The van der Waals surface area contributed by atoms with Gasteiger partial charge in [-0.2, -0.15) is 5.10 Å². The summed E-state index contributed by atoms with van der Waals surface area (Å²) in [7, 11) is 0. The van der Waals surface area contributed by atoms with Crippen molar-refractivity contribution in [1.82, 2.24) is 10.2 Å². The number of carboxylic acids is 4. The van der Waals surface area contributed by atoms with E-state index in [0.717, 1.165) is 18.2 Å². The average molecular weight is 484 g/mol. The summed E-state index contributed by atoms with van der Waals surface area (Å²) in [5.74, 6) is -11.8. The first-order valence-corrected chi connectivity index (χ1v) is 9.18. The van der Waals surface area contributed by atoms with E-state index in [1.165, 1.54) is 0 Å². The standard InChI is InChI=1S/C18H14ClN3O11/c19-6-1-2-7(10(3-6)22(32)33)16(27)13-14(8(17(28)29)4-11(23)24)20-21-15(13)9(18(30)31)5-12(25)26/h1-3,8-9H,4-5H2,(H,20,21)(H,23,24)(H,25,26)(H,28,29)(H,30,31). The van der Waals surface area contributed by atoms with E-state index in [0.29, 0.717) is 0 Å². The fraction of sp³-hybridized carbons (Fsp3) is 0.222. The second-order valence-electron chi connectivity index (χ2n) is 6.62. The minimum Gasteiger partial charge on any atom is -0.481 e. The highest BCUT2D eigenvalue weighted by Crippen LogP contribution is 2.34. The van der Waals surface area contributed by atoms with Crippen LogP contribution in [-0.4, -0.2) is 65.2 Å². The molecule has 2 rings (SSSR count). The Morgan fingerprint density at radius 3 is 2.03 bits per heavy atom. The molecular weight excluding hydrogens is 470 g/mol. The van der Waals surface area contributed by atoms with Crippen LogP contribution in [0.1, 0.15) is 52.0 Å². The third-order valence-electron chi connectivity index (χ3n) is 4.48. The van der Waals surface area contributed by atoms with E-state index >= 15 is 0 Å². The Morgan fingerprint density at radius 2 is 1.55 bits per heavy atom. The van der Waals surface area contributed by atoms with Gasteiger partial charge in [0.2, 0.25) is 5.78 Å². The topological polar surface area (TPSA) is 238 Å². The molecule has 0 fully saturated rings. The third-order valence-corrected chi connectivity index (χ3v) is 4.72. The van der Waals surface area contributed by atoms with Crippen LogP contribution >= 0.6 is 11.6 Å². The molecule has 0 saturated carbocycles. The maximum atomic E-state index is 13.3. The Labute approximate surface area is 187 Å². The van der Waals surface area contributed by atoms with Gasteiger partial charge in [-0.15, -0.1) is 0 Å². The number of H-pyrrole nitrogens is 1. The zero-order chi connectivity index (χ0) is 25.0. The number of carbonyl (C=O) groups is 5. The fourth-order valence-corrected chi connectivity index (χ4v) is 3.23. The van der Waals surface area contributed by atoms with Crippen LogP contribution in [0, 0.1) is 10.1 Å². The van der Waals surface area contributed by atoms with Gasteiger partial charge in [0.25, 0.3) is 5.69 Å². The molecule has 0 aliphatic carbocycles. The maximum Gasteiger partial charge on any atom is 0.313 e. The van der Waals surface area contributed by atoms with Crippen LogP contribution in [0.4, 0.5) is 5.69 Å². The molecule has 5 N–H and O–H groups in total. The molecule has 2 unspecified atom stereocenters. The first kappa shape index (κ1) is 24.9. The lowest BCUT2D eigenvalue weighted by atomic mass is 9.88. The molecule has 1 aromatic heterocycles. The van der Waals surface area contributed by atoms with E-state index in [4.69, 9.17) is 21.8 Å². The van der Waals surface area contributed by atoms with Crippen molar-refractivity contribution in [3.8, 4) is 0 Å².